The van der Waals surface area contributed by atoms with Gasteiger partial charge >= 0.3 is 5.97 Å². The van der Waals surface area contributed by atoms with Gasteiger partial charge in [0, 0.05) is 5.56 Å². The van der Waals surface area contributed by atoms with Crippen LogP contribution in [0.1, 0.15) is 63.0 Å². The summed E-state index contributed by atoms with van der Waals surface area (Å²) < 4.78 is 0. The highest BCUT2D eigenvalue weighted by Crippen LogP contribution is 2.37. The molecule has 0 atom stereocenters. The van der Waals surface area contributed by atoms with Crippen LogP contribution in [0.25, 0.3) is 11.1 Å². The number of carbonyl (C=O) groups is 1. The number of rotatable bonds is 2. The Bertz CT molecular complexity index is 757. The zero-order valence-electron chi connectivity index (χ0n) is 15.3. The summed E-state index contributed by atoms with van der Waals surface area (Å²) in [6, 6.07) is 11.6. The molecule has 0 saturated carbocycles. The van der Waals surface area contributed by atoms with E-state index in [1.165, 1.54) is 5.56 Å². The first-order valence-electron chi connectivity index (χ1n) is 8.13. The maximum absolute atomic E-state index is 11.5. The number of aromatic carboxylic acids is 1. The van der Waals surface area contributed by atoms with Crippen molar-refractivity contribution in [1.29, 1.82) is 0 Å². The maximum atomic E-state index is 11.5. The lowest BCUT2D eigenvalue weighted by molar-refractivity contribution is 0.0693. The van der Waals surface area contributed by atoms with E-state index in [1.54, 1.807) is 6.07 Å². The topological polar surface area (TPSA) is 57.5 Å². The normalized spacial score (nSPS) is 12.2. The average molecular weight is 326 g/mol. The van der Waals surface area contributed by atoms with E-state index in [4.69, 9.17) is 0 Å². The van der Waals surface area contributed by atoms with Crippen molar-refractivity contribution in [1.82, 2.24) is 0 Å². The van der Waals surface area contributed by atoms with Gasteiger partial charge in [0.2, 0.25) is 0 Å². The second-order valence-corrected chi connectivity index (χ2v) is 8.30. The van der Waals surface area contributed by atoms with E-state index < -0.39 is 5.97 Å². The van der Waals surface area contributed by atoms with Gasteiger partial charge < -0.3 is 10.2 Å². The number of phenols is 1. The smallest absolute Gasteiger partial charge is 0.339 e. The molecular weight excluding hydrogens is 300 g/mol. The second-order valence-electron chi connectivity index (χ2n) is 8.30. The molecule has 2 rings (SSSR count). The molecule has 0 aliphatic carbocycles. The van der Waals surface area contributed by atoms with Crippen LogP contribution in [0.3, 0.4) is 0 Å². The Hall–Kier alpha value is -2.29. The summed E-state index contributed by atoms with van der Waals surface area (Å²) in [5.41, 5.74) is 3.26. The summed E-state index contributed by atoms with van der Waals surface area (Å²) in [6.07, 6.45) is 0. The van der Waals surface area contributed by atoms with Crippen molar-refractivity contribution in [2.24, 2.45) is 0 Å². The standard InChI is InChI=1S/C21H26O3/c1-20(2,3)15-9-7-13(8-10-15)14-11-16(19(23)24)18(22)17(12-14)21(4,5)6/h7-12,22H,1-6H3,(H,23,24). The largest absolute Gasteiger partial charge is 0.507 e. The molecule has 0 saturated heterocycles. The van der Waals surface area contributed by atoms with Gasteiger partial charge in [0.1, 0.15) is 11.3 Å². The molecule has 0 spiro atoms. The summed E-state index contributed by atoms with van der Waals surface area (Å²) in [7, 11) is 0. The first-order valence-corrected chi connectivity index (χ1v) is 8.13. The highest BCUT2D eigenvalue weighted by molar-refractivity contribution is 5.93. The van der Waals surface area contributed by atoms with E-state index >= 15 is 0 Å². The molecule has 0 bridgehead atoms. The number of hydrogen-bond acceptors (Lipinski definition) is 2. The van der Waals surface area contributed by atoms with Gasteiger partial charge in [-0.15, -0.1) is 0 Å². The van der Waals surface area contributed by atoms with E-state index in [9.17, 15) is 15.0 Å². The first-order chi connectivity index (χ1) is 10.9. The Balaban J connectivity index is 2.62. The van der Waals surface area contributed by atoms with Crippen LogP contribution in [0.15, 0.2) is 36.4 Å². The van der Waals surface area contributed by atoms with Crippen molar-refractivity contribution in [3.05, 3.63) is 53.1 Å². The maximum Gasteiger partial charge on any atom is 0.339 e. The van der Waals surface area contributed by atoms with E-state index in [0.29, 0.717) is 5.56 Å². The van der Waals surface area contributed by atoms with Gasteiger partial charge in [0.15, 0.2) is 0 Å². The molecule has 24 heavy (non-hydrogen) atoms. The summed E-state index contributed by atoms with van der Waals surface area (Å²) in [6.45, 7) is 12.3. The zero-order valence-corrected chi connectivity index (χ0v) is 15.3. The van der Waals surface area contributed by atoms with Crippen molar-refractivity contribution in [3.8, 4) is 16.9 Å². The Kier molecular flexibility index (Phi) is 4.49. The molecule has 3 heteroatoms. The summed E-state index contributed by atoms with van der Waals surface area (Å²) >= 11 is 0. The fourth-order valence-electron chi connectivity index (χ4n) is 2.70. The minimum Gasteiger partial charge on any atom is -0.507 e. The SMILES string of the molecule is CC(C)(C)c1ccc(-c2cc(C(=O)O)c(O)c(C(C)(C)C)c2)cc1. The second kappa shape index (κ2) is 5.97. The first kappa shape index (κ1) is 18.1. The molecule has 0 aliphatic rings. The van der Waals surface area contributed by atoms with E-state index in [-0.39, 0.29) is 22.1 Å². The Labute approximate surface area is 144 Å². The highest BCUT2D eigenvalue weighted by Gasteiger charge is 2.24. The van der Waals surface area contributed by atoms with Gasteiger partial charge in [-0.2, -0.15) is 0 Å². The quantitative estimate of drug-likeness (QED) is 0.782. The lowest BCUT2D eigenvalue weighted by Crippen LogP contribution is -2.13. The molecule has 2 aromatic carbocycles. The molecule has 0 aliphatic heterocycles. The molecular formula is C21H26O3. The fourth-order valence-corrected chi connectivity index (χ4v) is 2.70. The van der Waals surface area contributed by atoms with Crippen LogP contribution in [-0.2, 0) is 10.8 Å². The minimum absolute atomic E-state index is 0.0580. The molecule has 0 unspecified atom stereocenters. The van der Waals surface area contributed by atoms with Crippen molar-refractivity contribution >= 4 is 5.97 Å². The van der Waals surface area contributed by atoms with Crippen LogP contribution in [0.5, 0.6) is 5.75 Å². The molecule has 128 valence electrons. The fraction of sp³-hybridized carbons (Fsp3) is 0.381. The van der Waals surface area contributed by atoms with Crippen molar-refractivity contribution in [3.63, 3.8) is 0 Å². The van der Waals surface area contributed by atoms with Gasteiger partial charge in [0.05, 0.1) is 0 Å². The van der Waals surface area contributed by atoms with Gasteiger partial charge in [-0.3, -0.25) is 0 Å². The zero-order chi connectivity index (χ0) is 18.3. The van der Waals surface area contributed by atoms with Crippen LogP contribution in [0, 0.1) is 0 Å². The number of hydrogen-bond donors (Lipinski definition) is 2. The van der Waals surface area contributed by atoms with Crippen LogP contribution in [-0.4, -0.2) is 16.2 Å². The van der Waals surface area contributed by atoms with E-state index in [2.05, 4.69) is 32.9 Å². The average Bonchev–Trinajstić information content (AvgIpc) is 2.45. The number of benzene rings is 2. The van der Waals surface area contributed by atoms with E-state index in [1.807, 2.05) is 39.0 Å². The van der Waals surface area contributed by atoms with Crippen molar-refractivity contribution in [2.45, 2.75) is 52.4 Å². The summed E-state index contributed by atoms with van der Waals surface area (Å²) in [5.74, 6) is -1.27. The van der Waals surface area contributed by atoms with Gasteiger partial charge in [-0.25, -0.2) is 4.79 Å². The van der Waals surface area contributed by atoms with Crippen molar-refractivity contribution < 1.29 is 15.0 Å². The van der Waals surface area contributed by atoms with Gasteiger partial charge in [0.25, 0.3) is 0 Å². The molecule has 0 fully saturated rings. The predicted octanol–water partition coefficient (Wildman–Crippen LogP) is 5.35. The third kappa shape index (κ3) is 3.61. The highest BCUT2D eigenvalue weighted by atomic mass is 16.4. The monoisotopic (exact) mass is 326 g/mol. The van der Waals surface area contributed by atoms with Gasteiger partial charge in [-0.05, 0) is 39.7 Å². The Morgan fingerprint density at radius 1 is 0.833 bits per heavy atom. The molecule has 0 radical (unpaired) electrons. The van der Waals surface area contributed by atoms with E-state index in [0.717, 1.165) is 11.1 Å². The third-order valence-corrected chi connectivity index (χ3v) is 4.23. The minimum atomic E-state index is -1.12. The van der Waals surface area contributed by atoms with Crippen LogP contribution < -0.4 is 0 Å². The molecule has 2 aromatic rings. The van der Waals surface area contributed by atoms with Crippen LogP contribution in [0.4, 0.5) is 0 Å². The summed E-state index contributed by atoms with van der Waals surface area (Å²) in [4.78, 5) is 11.5. The molecule has 3 nitrogen and oxygen atoms in total. The van der Waals surface area contributed by atoms with Crippen LogP contribution >= 0.6 is 0 Å². The Morgan fingerprint density at radius 2 is 1.38 bits per heavy atom. The Morgan fingerprint density at radius 3 is 1.79 bits per heavy atom. The van der Waals surface area contributed by atoms with Crippen molar-refractivity contribution in [2.75, 3.05) is 0 Å². The lowest BCUT2D eigenvalue weighted by Gasteiger charge is -2.23. The molecule has 0 aromatic heterocycles. The number of carboxylic acids is 1. The number of aromatic hydroxyl groups is 1. The summed E-state index contributed by atoms with van der Waals surface area (Å²) in [5, 5.41) is 19.8. The molecule has 0 heterocycles. The third-order valence-electron chi connectivity index (χ3n) is 4.23. The lowest BCUT2D eigenvalue weighted by atomic mass is 9.82. The predicted molar refractivity (Wildman–Crippen MR) is 97.9 cm³/mol. The molecule has 2 N–H and O–H groups in total. The molecule has 0 amide bonds. The van der Waals surface area contributed by atoms with Gasteiger partial charge in [-0.1, -0.05) is 65.8 Å². The number of carboxylic acid groups (broad SMARTS) is 1. The van der Waals surface area contributed by atoms with Crippen LogP contribution in [0.2, 0.25) is 0 Å².